The summed E-state index contributed by atoms with van der Waals surface area (Å²) in [4.78, 5) is 0. The fourth-order valence-corrected chi connectivity index (χ4v) is 2.97. The molecule has 4 N–H and O–H groups in total. The van der Waals surface area contributed by atoms with E-state index in [-0.39, 0.29) is 0 Å². The summed E-state index contributed by atoms with van der Waals surface area (Å²) >= 11 is 2.87. The van der Waals surface area contributed by atoms with Gasteiger partial charge in [0.25, 0.3) is 0 Å². The minimum absolute atomic E-state index is 0.310. The predicted octanol–water partition coefficient (Wildman–Crippen LogP) is 1.85. The van der Waals surface area contributed by atoms with Gasteiger partial charge in [0.1, 0.15) is 10.0 Å². The average Bonchev–Trinajstić information content (AvgIpc) is 2.87. The van der Waals surface area contributed by atoms with Crippen LogP contribution in [-0.2, 0) is 0 Å². The van der Waals surface area contributed by atoms with Crippen molar-refractivity contribution in [3.8, 4) is 0 Å². The molecule has 17 heavy (non-hydrogen) atoms. The third-order valence-corrected chi connectivity index (χ3v) is 4.43. The summed E-state index contributed by atoms with van der Waals surface area (Å²) in [5, 5.41) is 18.7. The fraction of sp³-hybridized carbons (Fsp3) is 0.556. The van der Waals surface area contributed by atoms with Crippen molar-refractivity contribution in [2.75, 3.05) is 11.5 Å². The number of rotatable bonds is 4. The Morgan fingerprint density at radius 2 is 1.29 bits per heavy atom. The van der Waals surface area contributed by atoms with Gasteiger partial charge in [-0.15, -0.1) is 20.4 Å². The Morgan fingerprint density at radius 1 is 0.882 bits per heavy atom. The van der Waals surface area contributed by atoms with E-state index in [0.29, 0.717) is 22.1 Å². The molecule has 0 bridgehead atoms. The van der Waals surface area contributed by atoms with Gasteiger partial charge in [0, 0.05) is 11.8 Å². The molecule has 2 heterocycles. The normalized spacial score (nSPS) is 14.7. The van der Waals surface area contributed by atoms with Gasteiger partial charge in [-0.05, 0) is 6.42 Å². The van der Waals surface area contributed by atoms with Gasteiger partial charge in [0.15, 0.2) is 0 Å². The highest BCUT2D eigenvalue weighted by Gasteiger charge is 2.18. The SMILES string of the molecule is C[C@@H](C[C@H](C)c1nnc(N)s1)c1nnc(N)s1. The van der Waals surface area contributed by atoms with Gasteiger partial charge in [-0.2, -0.15) is 0 Å². The molecule has 0 aliphatic rings. The predicted molar refractivity (Wildman–Crippen MR) is 70.1 cm³/mol. The molecule has 2 atom stereocenters. The van der Waals surface area contributed by atoms with Crippen LogP contribution >= 0.6 is 22.7 Å². The van der Waals surface area contributed by atoms with Crippen molar-refractivity contribution in [2.24, 2.45) is 0 Å². The van der Waals surface area contributed by atoms with Gasteiger partial charge in [0.2, 0.25) is 10.3 Å². The van der Waals surface area contributed by atoms with Crippen LogP contribution in [0, 0.1) is 0 Å². The van der Waals surface area contributed by atoms with Crippen molar-refractivity contribution >= 4 is 32.9 Å². The van der Waals surface area contributed by atoms with Gasteiger partial charge >= 0.3 is 0 Å². The minimum atomic E-state index is 0.310. The van der Waals surface area contributed by atoms with E-state index < -0.39 is 0 Å². The lowest BCUT2D eigenvalue weighted by Crippen LogP contribution is -2.00. The molecule has 0 saturated carbocycles. The van der Waals surface area contributed by atoms with Crippen molar-refractivity contribution in [1.29, 1.82) is 0 Å². The standard InChI is InChI=1S/C9H14N6S2/c1-4(6-12-14-8(10)16-6)3-5(2)7-13-15-9(11)17-7/h4-5H,3H2,1-2H3,(H2,10,14)(H2,11,15)/t4-,5-/m0/s1. The van der Waals surface area contributed by atoms with Crippen LogP contribution in [0.1, 0.15) is 42.1 Å². The summed E-state index contributed by atoms with van der Waals surface area (Å²) in [7, 11) is 0. The highest BCUT2D eigenvalue weighted by Crippen LogP contribution is 2.32. The number of nitrogen functional groups attached to an aromatic ring is 2. The quantitative estimate of drug-likeness (QED) is 0.878. The van der Waals surface area contributed by atoms with E-state index in [2.05, 4.69) is 34.2 Å². The van der Waals surface area contributed by atoms with Crippen molar-refractivity contribution in [3.05, 3.63) is 10.0 Å². The molecule has 92 valence electrons. The molecular weight excluding hydrogens is 256 g/mol. The molecule has 0 radical (unpaired) electrons. The summed E-state index contributed by atoms with van der Waals surface area (Å²) in [5.74, 6) is 0.620. The lowest BCUT2D eigenvalue weighted by Gasteiger charge is -2.11. The Labute approximate surface area is 107 Å². The Kier molecular flexibility index (Phi) is 3.53. The highest BCUT2D eigenvalue weighted by molar-refractivity contribution is 7.15. The molecular formula is C9H14N6S2. The Bertz CT molecular complexity index is 449. The number of hydrogen-bond acceptors (Lipinski definition) is 8. The van der Waals surface area contributed by atoms with E-state index in [0.717, 1.165) is 16.4 Å². The van der Waals surface area contributed by atoms with Crippen molar-refractivity contribution in [3.63, 3.8) is 0 Å². The van der Waals surface area contributed by atoms with Crippen LogP contribution in [-0.4, -0.2) is 20.4 Å². The second kappa shape index (κ2) is 4.92. The van der Waals surface area contributed by atoms with Crippen LogP contribution in [0.2, 0.25) is 0 Å². The molecule has 6 nitrogen and oxygen atoms in total. The van der Waals surface area contributed by atoms with E-state index in [1.165, 1.54) is 22.7 Å². The molecule has 0 aromatic carbocycles. The lowest BCUT2D eigenvalue weighted by atomic mass is 9.98. The fourth-order valence-electron chi connectivity index (χ4n) is 1.62. The number of nitrogens with zero attached hydrogens (tertiary/aromatic N) is 4. The number of anilines is 2. The van der Waals surface area contributed by atoms with Crippen molar-refractivity contribution in [2.45, 2.75) is 32.1 Å². The van der Waals surface area contributed by atoms with E-state index in [1.54, 1.807) is 0 Å². The second-order valence-electron chi connectivity index (χ2n) is 3.99. The van der Waals surface area contributed by atoms with Crippen LogP contribution < -0.4 is 11.5 Å². The van der Waals surface area contributed by atoms with Gasteiger partial charge in [-0.1, -0.05) is 36.5 Å². The minimum Gasteiger partial charge on any atom is -0.374 e. The third-order valence-electron chi connectivity index (χ3n) is 2.46. The summed E-state index contributed by atoms with van der Waals surface area (Å²) in [6.07, 6.45) is 0.934. The number of aromatic nitrogens is 4. The maximum Gasteiger partial charge on any atom is 0.203 e. The van der Waals surface area contributed by atoms with Crippen LogP contribution in [0.4, 0.5) is 10.3 Å². The largest absolute Gasteiger partial charge is 0.374 e. The van der Waals surface area contributed by atoms with Crippen LogP contribution in [0.25, 0.3) is 0 Å². The molecule has 0 fully saturated rings. The monoisotopic (exact) mass is 270 g/mol. The molecule has 2 aromatic heterocycles. The lowest BCUT2D eigenvalue weighted by molar-refractivity contribution is 0.581. The molecule has 2 aromatic rings. The summed E-state index contributed by atoms with van der Waals surface area (Å²) in [6, 6.07) is 0. The first-order valence-corrected chi connectivity index (χ1v) is 6.87. The zero-order valence-corrected chi connectivity index (χ0v) is 11.3. The van der Waals surface area contributed by atoms with Gasteiger partial charge < -0.3 is 11.5 Å². The van der Waals surface area contributed by atoms with Gasteiger partial charge in [0.05, 0.1) is 0 Å². The maximum absolute atomic E-state index is 5.57. The first-order chi connectivity index (χ1) is 8.06. The molecule has 0 amide bonds. The van der Waals surface area contributed by atoms with Crippen molar-refractivity contribution < 1.29 is 0 Å². The first kappa shape index (κ1) is 12.2. The summed E-state index contributed by atoms with van der Waals surface area (Å²) in [5.41, 5.74) is 11.1. The average molecular weight is 270 g/mol. The molecule has 0 aliphatic heterocycles. The van der Waals surface area contributed by atoms with Crippen LogP contribution in [0.3, 0.4) is 0 Å². The molecule has 0 unspecified atom stereocenters. The zero-order valence-electron chi connectivity index (χ0n) is 9.62. The Hall–Kier alpha value is -1.28. The van der Waals surface area contributed by atoms with Gasteiger partial charge in [-0.25, -0.2) is 0 Å². The topological polar surface area (TPSA) is 104 Å². The Morgan fingerprint density at radius 3 is 1.59 bits per heavy atom. The maximum atomic E-state index is 5.57. The molecule has 0 spiro atoms. The summed E-state index contributed by atoms with van der Waals surface area (Å²) in [6.45, 7) is 4.22. The van der Waals surface area contributed by atoms with Crippen LogP contribution in [0.15, 0.2) is 0 Å². The van der Waals surface area contributed by atoms with Crippen LogP contribution in [0.5, 0.6) is 0 Å². The van der Waals surface area contributed by atoms with E-state index in [9.17, 15) is 0 Å². The van der Waals surface area contributed by atoms with E-state index in [4.69, 9.17) is 11.5 Å². The molecule has 0 aliphatic carbocycles. The number of hydrogen-bond donors (Lipinski definition) is 2. The van der Waals surface area contributed by atoms with Crippen molar-refractivity contribution in [1.82, 2.24) is 20.4 Å². The highest BCUT2D eigenvalue weighted by atomic mass is 32.1. The molecule has 0 saturated heterocycles. The second-order valence-corrected chi connectivity index (χ2v) is 6.08. The first-order valence-electron chi connectivity index (χ1n) is 5.24. The zero-order chi connectivity index (χ0) is 12.4. The van der Waals surface area contributed by atoms with E-state index in [1.807, 2.05) is 0 Å². The Balaban J connectivity index is 2.01. The van der Waals surface area contributed by atoms with E-state index >= 15 is 0 Å². The van der Waals surface area contributed by atoms with Gasteiger partial charge in [-0.3, -0.25) is 0 Å². The smallest absolute Gasteiger partial charge is 0.203 e. The third kappa shape index (κ3) is 2.89. The summed E-state index contributed by atoms with van der Waals surface area (Å²) < 4.78 is 0. The molecule has 8 heteroatoms. The molecule has 2 rings (SSSR count). The number of nitrogens with two attached hydrogens (primary N) is 2.